The fraction of sp³-hybridized carbons (Fsp3) is 0.440. The molecule has 0 amide bonds. The number of nitrogens with one attached hydrogen (secondary N) is 1. The van der Waals surface area contributed by atoms with E-state index in [1.54, 1.807) is 6.07 Å². The number of thiazole rings is 1. The molecule has 7 rings (SSSR count). The number of halogens is 1. The van der Waals surface area contributed by atoms with Crippen molar-refractivity contribution >= 4 is 43.4 Å². The first-order valence-corrected chi connectivity index (χ1v) is 13.2. The Kier molecular flexibility index (Phi) is 4.94. The van der Waals surface area contributed by atoms with Crippen LogP contribution in [0.2, 0.25) is 0 Å². The SMILES string of the molecule is COc1nc(N2C3CCC2CNC3)c2c(=O)n(CC3CC3)c(-c3ccc(F)c4sc(N)nc34)cc2n1. The van der Waals surface area contributed by atoms with Gasteiger partial charge in [-0.25, -0.2) is 9.37 Å². The molecule has 3 aliphatic rings. The zero-order valence-electron chi connectivity index (χ0n) is 19.8. The summed E-state index contributed by atoms with van der Waals surface area (Å²) in [4.78, 5) is 30.3. The number of rotatable bonds is 5. The monoisotopic (exact) mass is 507 g/mol. The molecule has 3 aromatic heterocycles. The van der Waals surface area contributed by atoms with E-state index in [4.69, 9.17) is 15.5 Å². The highest BCUT2D eigenvalue weighted by Gasteiger charge is 2.39. The lowest BCUT2D eigenvalue weighted by molar-refractivity contribution is 0.380. The third kappa shape index (κ3) is 3.36. The molecule has 1 aromatic carbocycles. The smallest absolute Gasteiger partial charge is 0.318 e. The molecule has 1 aliphatic carbocycles. The minimum Gasteiger partial charge on any atom is -0.467 e. The molecule has 0 radical (unpaired) electrons. The van der Waals surface area contributed by atoms with Crippen molar-refractivity contribution in [2.45, 2.75) is 44.3 Å². The van der Waals surface area contributed by atoms with Crippen molar-refractivity contribution in [3.63, 3.8) is 0 Å². The number of nitrogen functional groups attached to an aromatic ring is 1. The molecule has 4 aromatic rings. The number of benzene rings is 1. The summed E-state index contributed by atoms with van der Waals surface area (Å²) in [5.74, 6) is 0.711. The highest BCUT2D eigenvalue weighted by Crippen LogP contribution is 2.39. The largest absolute Gasteiger partial charge is 0.467 e. The molecule has 2 bridgehead atoms. The number of ether oxygens (including phenoxy) is 1. The van der Waals surface area contributed by atoms with E-state index in [0.717, 1.165) is 50.1 Å². The summed E-state index contributed by atoms with van der Waals surface area (Å²) < 4.78 is 22.3. The number of nitrogens with zero attached hydrogens (tertiary/aromatic N) is 5. The Balaban J connectivity index is 1.52. The minimum atomic E-state index is -0.375. The molecular weight excluding hydrogens is 481 g/mol. The average Bonchev–Trinajstić information content (AvgIpc) is 3.55. The third-order valence-electron chi connectivity index (χ3n) is 7.65. The summed E-state index contributed by atoms with van der Waals surface area (Å²) in [5.41, 5.74) is 8.12. The van der Waals surface area contributed by atoms with Crippen LogP contribution < -0.4 is 26.2 Å². The maximum atomic E-state index is 14.6. The van der Waals surface area contributed by atoms with Crippen molar-refractivity contribution in [2.24, 2.45) is 5.92 Å². The summed E-state index contributed by atoms with van der Waals surface area (Å²) in [6, 6.07) is 5.77. The van der Waals surface area contributed by atoms with E-state index in [1.165, 1.54) is 13.2 Å². The summed E-state index contributed by atoms with van der Waals surface area (Å²) in [6.45, 7) is 2.30. The minimum absolute atomic E-state index is 0.134. The lowest BCUT2D eigenvalue weighted by Crippen LogP contribution is -2.52. The van der Waals surface area contributed by atoms with Crippen LogP contribution in [0.4, 0.5) is 15.3 Å². The van der Waals surface area contributed by atoms with E-state index in [-0.39, 0.29) is 34.6 Å². The molecule has 2 aliphatic heterocycles. The molecule has 3 N–H and O–H groups in total. The number of methoxy groups -OCH3 is 1. The van der Waals surface area contributed by atoms with Crippen molar-refractivity contribution in [3.8, 4) is 17.3 Å². The van der Waals surface area contributed by atoms with E-state index in [1.807, 2.05) is 10.6 Å². The predicted molar refractivity (Wildman–Crippen MR) is 138 cm³/mol. The van der Waals surface area contributed by atoms with E-state index in [9.17, 15) is 9.18 Å². The Morgan fingerprint density at radius 2 is 1.94 bits per heavy atom. The number of aromatic nitrogens is 4. The van der Waals surface area contributed by atoms with Crippen LogP contribution in [0.5, 0.6) is 6.01 Å². The Morgan fingerprint density at radius 3 is 2.67 bits per heavy atom. The fourth-order valence-electron chi connectivity index (χ4n) is 5.77. The molecule has 1 saturated carbocycles. The number of pyridine rings is 1. The van der Waals surface area contributed by atoms with Gasteiger partial charge in [0.2, 0.25) is 0 Å². The Bertz CT molecular complexity index is 1560. The lowest BCUT2D eigenvalue weighted by atomic mass is 10.1. The number of fused-ring (bicyclic) bond motifs is 4. The molecule has 3 fully saturated rings. The molecule has 2 atom stereocenters. The number of nitrogens with two attached hydrogens (primary N) is 1. The van der Waals surface area contributed by atoms with Gasteiger partial charge in [-0.15, -0.1) is 0 Å². The van der Waals surface area contributed by atoms with E-state index < -0.39 is 0 Å². The summed E-state index contributed by atoms with van der Waals surface area (Å²) in [7, 11) is 1.54. The molecular formula is C25H26FN7O2S. The third-order valence-corrected chi connectivity index (χ3v) is 8.55. The number of piperazine rings is 1. The highest BCUT2D eigenvalue weighted by molar-refractivity contribution is 7.22. The predicted octanol–water partition coefficient (Wildman–Crippen LogP) is 3.15. The average molecular weight is 508 g/mol. The van der Waals surface area contributed by atoms with Crippen molar-refractivity contribution in [3.05, 3.63) is 34.4 Å². The van der Waals surface area contributed by atoms with Gasteiger partial charge >= 0.3 is 6.01 Å². The van der Waals surface area contributed by atoms with Gasteiger partial charge in [0.15, 0.2) is 5.13 Å². The molecule has 36 heavy (non-hydrogen) atoms. The van der Waals surface area contributed by atoms with Gasteiger partial charge < -0.3 is 25.3 Å². The van der Waals surface area contributed by atoms with Crippen LogP contribution in [0.15, 0.2) is 23.0 Å². The van der Waals surface area contributed by atoms with Crippen LogP contribution in [-0.2, 0) is 6.54 Å². The van der Waals surface area contributed by atoms with Crippen molar-refractivity contribution in [2.75, 3.05) is 30.8 Å². The first-order chi connectivity index (χ1) is 17.5. The van der Waals surface area contributed by atoms with E-state index >= 15 is 0 Å². The topological polar surface area (TPSA) is 111 Å². The Hall–Kier alpha value is -3.31. The second-order valence-corrected chi connectivity index (χ2v) is 11.0. The fourth-order valence-corrected chi connectivity index (χ4v) is 6.53. The summed E-state index contributed by atoms with van der Waals surface area (Å²) in [6.07, 6.45) is 4.28. The number of anilines is 2. The zero-order chi connectivity index (χ0) is 24.6. The van der Waals surface area contributed by atoms with E-state index in [2.05, 4.69) is 20.2 Å². The van der Waals surface area contributed by atoms with Gasteiger partial charge in [0.1, 0.15) is 17.0 Å². The van der Waals surface area contributed by atoms with Gasteiger partial charge in [0, 0.05) is 37.3 Å². The van der Waals surface area contributed by atoms with Crippen LogP contribution in [0, 0.1) is 11.7 Å². The van der Waals surface area contributed by atoms with Gasteiger partial charge in [0.05, 0.1) is 28.5 Å². The first-order valence-electron chi connectivity index (χ1n) is 12.4. The van der Waals surface area contributed by atoms with Crippen molar-refractivity contribution < 1.29 is 9.13 Å². The first kappa shape index (κ1) is 21.9. The Morgan fingerprint density at radius 1 is 1.17 bits per heavy atom. The van der Waals surface area contributed by atoms with Crippen LogP contribution in [0.25, 0.3) is 32.4 Å². The number of hydrogen-bond donors (Lipinski definition) is 2. The van der Waals surface area contributed by atoms with Gasteiger partial charge in [-0.3, -0.25) is 4.79 Å². The van der Waals surface area contributed by atoms with Crippen LogP contribution in [-0.4, -0.2) is 51.8 Å². The number of hydrogen-bond acceptors (Lipinski definition) is 9. The standard InChI is InChI=1S/C25H26FN7O2S/c1-35-25-29-17-8-18(15-6-7-16(26)21-20(15)30-24(27)36-21)32(11-12-2-3-12)23(34)19(17)22(31-25)33-13-4-5-14(33)10-28-9-13/h6-8,12-14,28H,2-5,9-11H2,1H3,(H2,27,30). The van der Waals surface area contributed by atoms with Crippen LogP contribution >= 0.6 is 11.3 Å². The van der Waals surface area contributed by atoms with Crippen molar-refractivity contribution in [1.82, 2.24) is 24.8 Å². The molecule has 5 heterocycles. The second-order valence-electron chi connectivity index (χ2n) is 9.96. The van der Waals surface area contributed by atoms with Gasteiger partial charge in [-0.1, -0.05) is 11.3 Å². The normalized spacial score (nSPS) is 21.6. The van der Waals surface area contributed by atoms with Gasteiger partial charge in [-0.2, -0.15) is 9.97 Å². The van der Waals surface area contributed by atoms with Crippen LogP contribution in [0.3, 0.4) is 0 Å². The highest BCUT2D eigenvalue weighted by atomic mass is 32.1. The van der Waals surface area contributed by atoms with Gasteiger partial charge in [-0.05, 0) is 49.8 Å². The second kappa shape index (κ2) is 8.10. The van der Waals surface area contributed by atoms with Crippen LogP contribution in [0.1, 0.15) is 25.7 Å². The maximum absolute atomic E-state index is 14.6. The lowest BCUT2D eigenvalue weighted by Gasteiger charge is -2.36. The molecule has 11 heteroatoms. The molecule has 9 nitrogen and oxygen atoms in total. The van der Waals surface area contributed by atoms with Crippen molar-refractivity contribution in [1.29, 1.82) is 0 Å². The molecule has 2 unspecified atom stereocenters. The zero-order valence-corrected chi connectivity index (χ0v) is 20.6. The molecule has 0 spiro atoms. The quantitative estimate of drug-likeness (QED) is 0.424. The van der Waals surface area contributed by atoms with Gasteiger partial charge in [0.25, 0.3) is 5.56 Å². The molecule has 186 valence electrons. The molecule has 2 saturated heterocycles. The Labute approximate surface area is 210 Å². The summed E-state index contributed by atoms with van der Waals surface area (Å²) >= 11 is 1.11. The summed E-state index contributed by atoms with van der Waals surface area (Å²) in [5, 5.41) is 4.29. The van der Waals surface area contributed by atoms with E-state index in [0.29, 0.717) is 50.7 Å². The maximum Gasteiger partial charge on any atom is 0.318 e.